The largest absolute Gasteiger partial charge is 0.491 e. The number of nitrogens with one attached hydrogen (secondary N) is 3. The molecule has 0 bridgehead atoms. The number of primary amides is 1. The van der Waals surface area contributed by atoms with Crippen molar-refractivity contribution < 1.29 is 9.53 Å². The molecule has 0 unspecified atom stereocenters. The highest BCUT2D eigenvalue weighted by molar-refractivity contribution is 5.97. The number of ether oxygens (including phenoxy) is 1. The molecule has 5 N–H and O–H groups in total. The van der Waals surface area contributed by atoms with E-state index in [-0.39, 0.29) is 11.1 Å². The number of nitrogens with zero attached hydrogens (tertiary/aromatic N) is 2. The molecule has 1 aromatic carbocycles. The van der Waals surface area contributed by atoms with E-state index in [1.807, 2.05) is 39.0 Å². The summed E-state index contributed by atoms with van der Waals surface area (Å²) in [6.07, 6.45) is 2.38. The molecular weight excluding hydrogens is 332 g/mol. The van der Waals surface area contributed by atoms with E-state index in [4.69, 9.17) is 10.5 Å². The Morgan fingerprint density at radius 1 is 1.35 bits per heavy atom. The zero-order valence-electron chi connectivity index (χ0n) is 15.2. The van der Waals surface area contributed by atoms with Crippen LogP contribution in [-0.4, -0.2) is 34.6 Å². The van der Waals surface area contributed by atoms with Crippen LogP contribution in [0.5, 0.6) is 5.75 Å². The van der Waals surface area contributed by atoms with Crippen molar-refractivity contribution in [3.63, 3.8) is 0 Å². The van der Waals surface area contributed by atoms with Crippen LogP contribution in [0.4, 0.5) is 23.1 Å². The molecule has 0 spiro atoms. The van der Waals surface area contributed by atoms with Gasteiger partial charge in [0.25, 0.3) is 5.91 Å². The van der Waals surface area contributed by atoms with Gasteiger partial charge in [-0.1, -0.05) is 0 Å². The molecule has 1 aromatic heterocycles. The van der Waals surface area contributed by atoms with Crippen molar-refractivity contribution in [3.05, 3.63) is 30.0 Å². The fourth-order valence-electron chi connectivity index (χ4n) is 2.55. The number of amides is 1. The monoisotopic (exact) mass is 356 g/mol. The van der Waals surface area contributed by atoms with Gasteiger partial charge in [0.1, 0.15) is 11.6 Å². The van der Waals surface area contributed by atoms with E-state index < -0.39 is 5.91 Å². The molecule has 0 aliphatic carbocycles. The average Bonchev–Trinajstić information content (AvgIpc) is 2.78. The maximum Gasteiger partial charge on any atom is 0.254 e. The second-order valence-corrected chi connectivity index (χ2v) is 7.16. The van der Waals surface area contributed by atoms with Crippen molar-refractivity contribution in [1.29, 1.82) is 0 Å². The van der Waals surface area contributed by atoms with E-state index in [2.05, 4.69) is 25.9 Å². The summed E-state index contributed by atoms with van der Waals surface area (Å²) in [6, 6.07) is 5.75. The van der Waals surface area contributed by atoms with Gasteiger partial charge in [0.05, 0.1) is 17.9 Å². The third-order valence-electron chi connectivity index (χ3n) is 3.68. The first-order chi connectivity index (χ1) is 12.3. The molecular formula is C18H24N6O2. The van der Waals surface area contributed by atoms with Crippen molar-refractivity contribution in [2.24, 2.45) is 5.73 Å². The van der Waals surface area contributed by atoms with E-state index in [9.17, 15) is 4.79 Å². The lowest BCUT2D eigenvalue weighted by Gasteiger charge is -2.22. The molecule has 2 heterocycles. The van der Waals surface area contributed by atoms with Gasteiger partial charge < -0.3 is 26.4 Å². The third kappa shape index (κ3) is 4.33. The first-order valence-corrected chi connectivity index (χ1v) is 8.54. The number of hydrogen-bond acceptors (Lipinski definition) is 7. The molecule has 0 fully saturated rings. The average molecular weight is 356 g/mol. The van der Waals surface area contributed by atoms with Gasteiger partial charge in [-0.25, -0.2) is 4.98 Å². The molecule has 138 valence electrons. The Morgan fingerprint density at radius 2 is 2.15 bits per heavy atom. The van der Waals surface area contributed by atoms with Crippen LogP contribution < -0.4 is 26.4 Å². The van der Waals surface area contributed by atoms with Gasteiger partial charge >= 0.3 is 0 Å². The van der Waals surface area contributed by atoms with Crippen LogP contribution in [0.1, 0.15) is 37.6 Å². The Labute approximate surface area is 152 Å². The van der Waals surface area contributed by atoms with E-state index in [1.165, 1.54) is 6.20 Å². The Morgan fingerprint density at radius 3 is 2.88 bits per heavy atom. The SMILES string of the molecule is CC(C)(C)Nc1nc(Nc2ccc3c(c2)NCCCO3)ncc1C(N)=O. The summed E-state index contributed by atoms with van der Waals surface area (Å²) in [6.45, 7) is 7.49. The molecule has 3 rings (SSSR count). The number of carbonyl (C=O) groups is 1. The number of nitrogens with two attached hydrogens (primary N) is 1. The minimum Gasteiger partial charge on any atom is -0.491 e. The van der Waals surface area contributed by atoms with Crippen LogP contribution >= 0.6 is 0 Å². The lowest BCUT2D eigenvalue weighted by Crippen LogP contribution is -2.29. The summed E-state index contributed by atoms with van der Waals surface area (Å²) in [4.78, 5) is 20.3. The van der Waals surface area contributed by atoms with E-state index in [1.54, 1.807) is 0 Å². The van der Waals surface area contributed by atoms with Crippen molar-refractivity contribution >= 4 is 29.0 Å². The standard InChI is InChI=1S/C18H24N6O2/c1-18(2,3)24-16-12(15(19)25)10-21-17(23-16)22-11-5-6-14-13(9-11)20-7-4-8-26-14/h5-6,9-10,20H,4,7-8H2,1-3H3,(H2,19,25)(H2,21,22,23,24). The van der Waals surface area contributed by atoms with Gasteiger partial charge in [-0.2, -0.15) is 4.98 Å². The molecule has 8 heteroatoms. The van der Waals surface area contributed by atoms with Crippen LogP contribution in [0.3, 0.4) is 0 Å². The number of fused-ring (bicyclic) bond motifs is 1. The van der Waals surface area contributed by atoms with Crippen LogP contribution in [0.2, 0.25) is 0 Å². The van der Waals surface area contributed by atoms with Gasteiger partial charge in [0, 0.05) is 24.0 Å². The van der Waals surface area contributed by atoms with Gasteiger partial charge in [-0.15, -0.1) is 0 Å². The van der Waals surface area contributed by atoms with Crippen molar-refractivity contribution in [2.45, 2.75) is 32.7 Å². The van der Waals surface area contributed by atoms with Crippen LogP contribution in [0.25, 0.3) is 0 Å². The van der Waals surface area contributed by atoms with E-state index in [0.717, 1.165) is 30.1 Å². The highest BCUT2D eigenvalue weighted by atomic mass is 16.5. The normalized spacial score (nSPS) is 13.7. The fraction of sp³-hybridized carbons (Fsp3) is 0.389. The zero-order valence-corrected chi connectivity index (χ0v) is 15.2. The molecule has 1 aliphatic rings. The highest BCUT2D eigenvalue weighted by Gasteiger charge is 2.18. The maximum atomic E-state index is 11.6. The molecule has 0 atom stereocenters. The topological polar surface area (TPSA) is 114 Å². The van der Waals surface area contributed by atoms with E-state index >= 15 is 0 Å². The Balaban J connectivity index is 1.87. The lowest BCUT2D eigenvalue weighted by molar-refractivity contribution is 0.100. The van der Waals surface area contributed by atoms with Gasteiger partial charge in [-0.3, -0.25) is 4.79 Å². The number of hydrogen-bond donors (Lipinski definition) is 4. The van der Waals surface area contributed by atoms with Crippen molar-refractivity contribution in [2.75, 3.05) is 29.1 Å². The molecule has 1 aliphatic heterocycles. The highest BCUT2D eigenvalue weighted by Crippen LogP contribution is 2.31. The quantitative estimate of drug-likeness (QED) is 0.666. The van der Waals surface area contributed by atoms with Gasteiger partial charge in [0.15, 0.2) is 0 Å². The summed E-state index contributed by atoms with van der Waals surface area (Å²) < 4.78 is 5.69. The Kier molecular flexibility index (Phi) is 4.83. The van der Waals surface area contributed by atoms with Crippen LogP contribution in [-0.2, 0) is 0 Å². The fourth-order valence-corrected chi connectivity index (χ4v) is 2.55. The Bertz CT molecular complexity index is 816. The van der Waals surface area contributed by atoms with Gasteiger partial charge in [0.2, 0.25) is 5.95 Å². The maximum absolute atomic E-state index is 11.6. The molecule has 8 nitrogen and oxygen atoms in total. The number of benzene rings is 1. The predicted octanol–water partition coefficient (Wildman–Crippen LogP) is 2.72. The third-order valence-corrected chi connectivity index (χ3v) is 3.68. The van der Waals surface area contributed by atoms with Crippen molar-refractivity contribution in [3.8, 4) is 5.75 Å². The molecule has 1 amide bonds. The minimum atomic E-state index is -0.574. The predicted molar refractivity (Wildman–Crippen MR) is 102 cm³/mol. The van der Waals surface area contributed by atoms with Crippen LogP contribution in [0, 0.1) is 0 Å². The summed E-state index contributed by atoms with van der Waals surface area (Å²) in [5.74, 6) is 1.03. The Hall–Kier alpha value is -3.03. The summed E-state index contributed by atoms with van der Waals surface area (Å²) in [5.41, 5.74) is 7.14. The number of carbonyl (C=O) groups excluding carboxylic acids is 1. The smallest absolute Gasteiger partial charge is 0.254 e. The molecule has 0 radical (unpaired) electrons. The summed E-state index contributed by atoms with van der Waals surface area (Å²) >= 11 is 0. The molecule has 26 heavy (non-hydrogen) atoms. The van der Waals surface area contributed by atoms with Gasteiger partial charge in [-0.05, 0) is 45.4 Å². The number of aromatic nitrogens is 2. The summed E-state index contributed by atoms with van der Waals surface area (Å²) in [5, 5.41) is 9.69. The molecule has 0 saturated heterocycles. The summed E-state index contributed by atoms with van der Waals surface area (Å²) in [7, 11) is 0. The van der Waals surface area contributed by atoms with Crippen molar-refractivity contribution in [1.82, 2.24) is 9.97 Å². The lowest BCUT2D eigenvalue weighted by atomic mass is 10.1. The first kappa shape index (κ1) is 17.8. The van der Waals surface area contributed by atoms with Crippen LogP contribution in [0.15, 0.2) is 24.4 Å². The number of rotatable bonds is 4. The molecule has 0 saturated carbocycles. The zero-order chi connectivity index (χ0) is 18.7. The second kappa shape index (κ2) is 7.07. The first-order valence-electron chi connectivity index (χ1n) is 8.54. The second-order valence-electron chi connectivity index (χ2n) is 7.16. The molecule has 2 aromatic rings. The number of anilines is 4. The minimum absolute atomic E-state index is 0.252. The van der Waals surface area contributed by atoms with E-state index in [0.29, 0.717) is 18.4 Å².